The summed E-state index contributed by atoms with van der Waals surface area (Å²) in [5, 5.41) is 25.7. The molecule has 150 valence electrons. The Hall–Kier alpha value is -2.97. The first-order chi connectivity index (χ1) is 14.1. The van der Waals surface area contributed by atoms with Gasteiger partial charge >= 0.3 is 0 Å². The van der Waals surface area contributed by atoms with Crippen LogP contribution in [0.15, 0.2) is 52.6 Å². The van der Waals surface area contributed by atoms with Gasteiger partial charge < -0.3 is 20.1 Å². The summed E-state index contributed by atoms with van der Waals surface area (Å²) >= 11 is 6.17. The Bertz CT molecular complexity index is 1020. The number of hydroxylamine groups is 1. The third kappa shape index (κ3) is 3.81. The fraction of sp³-hybridized carbons (Fsp3) is 0.250. The van der Waals surface area contributed by atoms with Crippen molar-refractivity contribution in [3.63, 3.8) is 0 Å². The number of rotatable bonds is 3. The lowest BCUT2D eigenvalue weighted by atomic mass is 10.00. The Morgan fingerprint density at radius 2 is 2.14 bits per heavy atom. The second-order valence-electron chi connectivity index (χ2n) is 6.69. The molecule has 2 aliphatic rings. The lowest BCUT2D eigenvalue weighted by molar-refractivity contribution is -0.439. The number of fused-ring (bicyclic) bond motifs is 1. The van der Waals surface area contributed by atoms with E-state index in [1.807, 2.05) is 0 Å². The largest absolute Gasteiger partial charge is 0.623 e. The summed E-state index contributed by atoms with van der Waals surface area (Å²) in [5.74, 6) is -0.507. The minimum Gasteiger partial charge on any atom is -0.623 e. The molecule has 0 bridgehead atoms. The van der Waals surface area contributed by atoms with E-state index in [2.05, 4.69) is 5.16 Å². The summed E-state index contributed by atoms with van der Waals surface area (Å²) < 4.78 is 20.8. The van der Waals surface area contributed by atoms with E-state index < -0.39 is 5.82 Å². The van der Waals surface area contributed by atoms with Gasteiger partial charge in [-0.3, -0.25) is 0 Å². The van der Waals surface area contributed by atoms with Crippen LogP contribution in [0.4, 0.5) is 10.1 Å². The van der Waals surface area contributed by atoms with Crippen LogP contribution in [0.1, 0.15) is 11.1 Å². The summed E-state index contributed by atoms with van der Waals surface area (Å²) in [5.41, 5.74) is 1.82. The molecule has 2 heterocycles. The molecule has 0 amide bonds. The first kappa shape index (κ1) is 19.4. The number of aliphatic imine (C=N–C) groups is 1. The maximum Gasteiger partial charge on any atom is 0.231 e. The monoisotopic (exact) mass is 416 g/mol. The van der Waals surface area contributed by atoms with E-state index in [4.69, 9.17) is 26.5 Å². The van der Waals surface area contributed by atoms with Gasteiger partial charge in [0.05, 0.1) is 36.1 Å². The minimum absolute atomic E-state index is 0.0975. The molecular formula is C20H18ClFN4O3. The van der Waals surface area contributed by atoms with Crippen molar-refractivity contribution in [3.8, 4) is 0 Å². The molecule has 29 heavy (non-hydrogen) atoms. The predicted octanol–water partition coefficient (Wildman–Crippen LogP) is 3.03. The number of benzene rings is 2. The number of hydrogen-bond acceptors (Lipinski definition) is 5. The van der Waals surface area contributed by atoms with Gasteiger partial charge in [0, 0.05) is 11.6 Å². The van der Waals surface area contributed by atoms with Crippen LogP contribution in [-0.4, -0.2) is 65.0 Å². The Kier molecular flexibility index (Phi) is 5.46. The van der Waals surface area contributed by atoms with Crippen molar-refractivity contribution in [2.75, 3.05) is 26.3 Å². The van der Waals surface area contributed by atoms with Crippen LogP contribution in [0, 0.1) is 11.0 Å². The van der Waals surface area contributed by atoms with E-state index in [-0.39, 0.29) is 30.5 Å². The summed E-state index contributed by atoms with van der Waals surface area (Å²) in [7, 11) is 0. The number of halogens is 2. The SMILES string of the molecule is [O-][N+]1=C(c2ccccc2F)c2cc(Cl)ccc2N=C(C2COCCN2C=NO)C1. The molecule has 1 saturated heterocycles. The van der Waals surface area contributed by atoms with Crippen LogP contribution in [0.3, 0.4) is 0 Å². The zero-order chi connectivity index (χ0) is 20.4. The van der Waals surface area contributed by atoms with Crippen molar-refractivity contribution in [1.29, 1.82) is 0 Å². The van der Waals surface area contributed by atoms with Crippen molar-refractivity contribution in [1.82, 2.24) is 4.90 Å². The average molecular weight is 417 g/mol. The van der Waals surface area contributed by atoms with Gasteiger partial charge in [-0.2, -0.15) is 4.74 Å². The summed E-state index contributed by atoms with van der Waals surface area (Å²) in [6, 6.07) is 10.7. The fourth-order valence-corrected chi connectivity index (χ4v) is 3.74. The fourth-order valence-electron chi connectivity index (χ4n) is 3.57. The number of morpholine rings is 1. The second kappa shape index (κ2) is 8.18. The highest BCUT2D eigenvalue weighted by atomic mass is 35.5. The molecule has 1 N–H and O–H groups in total. The van der Waals surface area contributed by atoms with Gasteiger partial charge in [-0.05, 0) is 30.3 Å². The smallest absolute Gasteiger partial charge is 0.231 e. The maximum absolute atomic E-state index is 14.6. The van der Waals surface area contributed by atoms with E-state index in [0.717, 1.165) is 4.74 Å². The molecule has 1 unspecified atom stereocenters. The van der Waals surface area contributed by atoms with Gasteiger partial charge in [-0.1, -0.05) is 28.9 Å². The molecule has 7 nitrogen and oxygen atoms in total. The Balaban J connectivity index is 1.87. The molecule has 2 aliphatic heterocycles. The average Bonchev–Trinajstić information content (AvgIpc) is 2.85. The zero-order valence-corrected chi connectivity index (χ0v) is 16.1. The normalized spacial score (nSPS) is 19.9. The first-order valence-corrected chi connectivity index (χ1v) is 9.41. The molecule has 1 fully saturated rings. The summed E-state index contributed by atoms with van der Waals surface area (Å²) in [6.45, 7) is 1.15. The Morgan fingerprint density at radius 3 is 2.93 bits per heavy atom. The van der Waals surface area contributed by atoms with Gasteiger partial charge in [0.15, 0.2) is 6.54 Å². The van der Waals surface area contributed by atoms with Gasteiger partial charge in [-0.25, -0.2) is 9.38 Å². The highest BCUT2D eigenvalue weighted by molar-refractivity contribution is 6.31. The highest BCUT2D eigenvalue weighted by Crippen LogP contribution is 2.30. The van der Waals surface area contributed by atoms with E-state index >= 15 is 0 Å². The molecule has 2 aromatic carbocycles. The molecule has 0 spiro atoms. The van der Waals surface area contributed by atoms with Crippen LogP contribution in [0.25, 0.3) is 0 Å². The van der Waals surface area contributed by atoms with Crippen molar-refractivity contribution >= 4 is 35.1 Å². The van der Waals surface area contributed by atoms with Crippen molar-refractivity contribution in [2.45, 2.75) is 6.04 Å². The maximum atomic E-state index is 14.6. The molecule has 1 atom stereocenters. The number of nitrogens with zero attached hydrogens (tertiary/aromatic N) is 4. The molecule has 2 aromatic rings. The van der Waals surface area contributed by atoms with Crippen molar-refractivity contribution < 1.29 is 19.1 Å². The minimum atomic E-state index is -0.507. The molecule has 9 heteroatoms. The third-order valence-electron chi connectivity index (χ3n) is 4.92. The lowest BCUT2D eigenvalue weighted by Crippen LogP contribution is -2.51. The summed E-state index contributed by atoms with van der Waals surface area (Å²) in [6.07, 6.45) is 1.29. The van der Waals surface area contributed by atoms with Crippen LogP contribution in [-0.2, 0) is 4.74 Å². The molecule has 0 radical (unpaired) electrons. The lowest BCUT2D eigenvalue weighted by Gasteiger charge is -2.33. The molecular weight excluding hydrogens is 399 g/mol. The topological polar surface area (TPSA) is 83.5 Å². The first-order valence-electron chi connectivity index (χ1n) is 9.03. The van der Waals surface area contributed by atoms with Crippen LogP contribution in [0.5, 0.6) is 0 Å². The van der Waals surface area contributed by atoms with Crippen molar-refractivity contribution in [2.24, 2.45) is 10.1 Å². The van der Waals surface area contributed by atoms with Crippen LogP contribution < -0.4 is 0 Å². The molecule has 0 aliphatic carbocycles. The summed E-state index contributed by atoms with van der Waals surface area (Å²) in [4.78, 5) is 6.46. The predicted molar refractivity (Wildman–Crippen MR) is 108 cm³/mol. The second-order valence-corrected chi connectivity index (χ2v) is 7.13. The van der Waals surface area contributed by atoms with E-state index in [1.54, 1.807) is 41.3 Å². The third-order valence-corrected chi connectivity index (χ3v) is 5.15. The zero-order valence-electron chi connectivity index (χ0n) is 15.3. The van der Waals surface area contributed by atoms with Crippen LogP contribution in [0.2, 0.25) is 5.02 Å². The van der Waals surface area contributed by atoms with Gasteiger partial charge in [-0.15, -0.1) is 0 Å². The molecule has 4 rings (SSSR count). The number of oxime groups is 1. The van der Waals surface area contributed by atoms with Gasteiger partial charge in [0.2, 0.25) is 5.71 Å². The Morgan fingerprint density at radius 1 is 1.31 bits per heavy atom. The van der Waals surface area contributed by atoms with E-state index in [1.165, 1.54) is 12.4 Å². The van der Waals surface area contributed by atoms with Gasteiger partial charge in [0.1, 0.15) is 17.9 Å². The van der Waals surface area contributed by atoms with E-state index in [0.29, 0.717) is 35.1 Å². The standard InChI is InChI=1S/C20H18ClFN4O3/c21-13-5-6-17-15(9-13)20(14-3-1-2-4-16(14)22)26(28)10-18(24-17)19-11-29-8-7-25(19)12-23-27/h1-6,9,12,19,27H,7-8,10-11H2. The van der Waals surface area contributed by atoms with Gasteiger partial charge in [0.25, 0.3) is 0 Å². The Labute approximate surface area is 171 Å². The number of ether oxygens (including phenoxy) is 1. The highest BCUT2D eigenvalue weighted by Gasteiger charge is 2.33. The number of hydrogen-bond donors (Lipinski definition) is 1. The molecule has 0 saturated carbocycles. The van der Waals surface area contributed by atoms with E-state index in [9.17, 15) is 9.60 Å². The van der Waals surface area contributed by atoms with Crippen molar-refractivity contribution in [3.05, 3.63) is 69.6 Å². The quantitative estimate of drug-likeness (QED) is 0.208. The molecule has 0 aromatic heterocycles. The van der Waals surface area contributed by atoms with Crippen LogP contribution >= 0.6 is 11.6 Å².